The highest BCUT2D eigenvalue weighted by Gasteiger charge is 2.26. The van der Waals surface area contributed by atoms with Gasteiger partial charge in [-0.15, -0.1) is 0 Å². The molecule has 0 aromatic carbocycles. The molecular weight excluding hydrogens is 1000 g/mol. The van der Waals surface area contributed by atoms with Crippen LogP contribution in [0.25, 0.3) is 0 Å². The van der Waals surface area contributed by atoms with Gasteiger partial charge >= 0.3 is 19.8 Å². The summed E-state index contributed by atoms with van der Waals surface area (Å²) in [6, 6.07) is 0. The van der Waals surface area contributed by atoms with Gasteiger partial charge in [0, 0.05) is 19.4 Å². The van der Waals surface area contributed by atoms with E-state index in [-0.39, 0.29) is 38.6 Å². The maximum Gasteiger partial charge on any atom is 0.472 e. The number of carbonyl (C=O) groups excluding carboxylic acids is 2. The molecule has 0 radical (unpaired) electrons. The van der Waals surface area contributed by atoms with Crippen molar-refractivity contribution in [3.05, 3.63) is 72.9 Å². The van der Waals surface area contributed by atoms with Crippen LogP contribution in [0.2, 0.25) is 0 Å². The molecule has 460 valence electrons. The highest BCUT2D eigenvalue weighted by molar-refractivity contribution is 7.47. The zero-order valence-corrected chi connectivity index (χ0v) is 52.5. The third kappa shape index (κ3) is 64.5. The third-order valence-electron chi connectivity index (χ3n) is 14.6. The van der Waals surface area contributed by atoms with Gasteiger partial charge in [-0.25, -0.2) is 4.57 Å². The molecule has 3 N–H and O–H groups in total. The molecule has 0 aliphatic rings. The highest BCUT2D eigenvalue weighted by Crippen LogP contribution is 2.43. The Morgan fingerprint density at radius 2 is 0.696 bits per heavy atom. The summed E-state index contributed by atoms with van der Waals surface area (Å²) in [7, 11) is -4.39. The first kappa shape index (κ1) is 76.5. The average Bonchev–Trinajstić information content (AvgIpc) is 3.44. The number of allylic oxidation sites excluding steroid dienone is 12. The lowest BCUT2D eigenvalue weighted by molar-refractivity contribution is -0.161. The first-order valence-corrected chi connectivity index (χ1v) is 34.9. The zero-order valence-electron chi connectivity index (χ0n) is 51.6. The molecule has 0 aliphatic heterocycles. The number of phosphoric acid groups is 1. The van der Waals surface area contributed by atoms with E-state index in [0.717, 1.165) is 70.6 Å². The normalized spacial score (nSPS) is 13.4. The first-order chi connectivity index (χ1) is 38.8. The van der Waals surface area contributed by atoms with E-state index in [9.17, 15) is 19.0 Å². The van der Waals surface area contributed by atoms with Crippen molar-refractivity contribution >= 4 is 19.8 Å². The van der Waals surface area contributed by atoms with E-state index in [0.29, 0.717) is 6.42 Å². The van der Waals surface area contributed by atoms with E-state index in [1.54, 1.807) is 0 Å². The summed E-state index contributed by atoms with van der Waals surface area (Å²) >= 11 is 0. The van der Waals surface area contributed by atoms with Crippen molar-refractivity contribution in [2.24, 2.45) is 5.73 Å². The van der Waals surface area contributed by atoms with Gasteiger partial charge in [0.2, 0.25) is 0 Å². The van der Waals surface area contributed by atoms with Gasteiger partial charge in [-0.2, -0.15) is 0 Å². The molecule has 10 heteroatoms. The van der Waals surface area contributed by atoms with Gasteiger partial charge in [0.25, 0.3) is 0 Å². The minimum atomic E-state index is -4.39. The maximum absolute atomic E-state index is 12.8. The number of carbonyl (C=O) groups is 2. The quantitative estimate of drug-likeness (QED) is 0.0264. The van der Waals surface area contributed by atoms with Crippen molar-refractivity contribution in [2.75, 3.05) is 26.4 Å². The van der Waals surface area contributed by atoms with Crippen LogP contribution in [-0.2, 0) is 32.7 Å². The summed E-state index contributed by atoms with van der Waals surface area (Å²) < 4.78 is 33.2. The number of esters is 2. The minimum Gasteiger partial charge on any atom is -0.462 e. The number of ether oxygens (including phenoxy) is 2. The van der Waals surface area contributed by atoms with Gasteiger partial charge in [-0.05, 0) is 83.5 Å². The van der Waals surface area contributed by atoms with Gasteiger partial charge in [-0.1, -0.05) is 299 Å². The predicted octanol–water partition coefficient (Wildman–Crippen LogP) is 21.6. The summed E-state index contributed by atoms with van der Waals surface area (Å²) in [6.07, 6.45) is 84.1. The van der Waals surface area contributed by atoms with Crippen molar-refractivity contribution in [1.29, 1.82) is 0 Å². The second-order valence-electron chi connectivity index (χ2n) is 22.3. The van der Waals surface area contributed by atoms with E-state index in [1.807, 2.05) is 0 Å². The van der Waals surface area contributed by atoms with Crippen LogP contribution in [0, 0.1) is 0 Å². The van der Waals surface area contributed by atoms with Crippen LogP contribution >= 0.6 is 7.82 Å². The van der Waals surface area contributed by atoms with Crippen LogP contribution in [0.5, 0.6) is 0 Å². The fraction of sp³-hybridized carbons (Fsp3) is 0.797. The summed E-state index contributed by atoms with van der Waals surface area (Å²) in [5, 5.41) is 0. The lowest BCUT2D eigenvalue weighted by atomic mass is 10.0. The Morgan fingerprint density at radius 3 is 1.05 bits per heavy atom. The second kappa shape index (κ2) is 64.6. The monoisotopic (exact) mass is 1130 g/mol. The van der Waals surface area contributed by atoms with Crippen molar-refractivity contribution < 1.29 is 37.6 Å². The number of hydrogen-bond acceptors (Lipinski definition) is 8. The SMILES string of the molecule is CC/C=C\C/C=C\C/C=C\C/C=C\C/C=C\CCCCCCCCCCCCCCCC(=O)OC(COC(=O)CCCCCCCCCCCCCCCCCCC/C=C\CCCCCCCCCC)COP(=O)(O)OCCN. The Hall–Kier alpha value is -2.55. The number of rotatable bonds is 63. The summed E-state index contributed by atoms with van der Waals surface area (Å²) in [6.45, 7) is 3.67. The van der Waals surface area contributed by atoms with Crippen LogP contribution in [-0.4, -0.2) is 49.3 Å². The molecular formula is C69H126NO8P. The average molecular weight is 1130 g/mol. The van der Waals surface area contributed by atoms with Crippen LogP contribution in [0.15, 0.2) is 72.9 Å². The number of nitrogens with two attached hydrogens (primary N) is 1. The molecule has 79 heavy (non-hydrogen) atoms. The molecule has 0 aliphatic carbocycles. The first-order valence-electron chi connectivity index (χ1n) is 33.4. The molecule has 0 rings (SSSR count). The van der Waals surface area contributed by atoms with E-state index in [1.165, 1.54) is 218 Å². The fourth-order valence-electron chi connectivity index (χ4n) is 9.66. The summed E-state index contributed by atoms with van der Waals surface area (Å²) in [4.78, 5) is 35.3. The van der Waals surface area contributed by atoms with E-state index >= 15 is 0 Å². The molecule has 0 bridgehead atoms. The van der Waals surface area contributed by atoms with E-state index in [4.69, 9.17) is 24.3 Å². The molecule has 2 unspecified atom stereocenters. The number of hydrogen-bond donors (Lipinski definition) is 2. The Bertz CT molecular complexity index is 1520. The number of unbranched alkanes of at least 4 members (excludes halogenated alkanes) is 38. The van der Waals surface area contributed by atoms with Gasteiger partial charge in [0.15, 0.2) is 6.10 Å². The van der Waals surface area contributed by atoms with Gasteiger partial charge in [0.05, 0.1) is 13.2 Å². The number of phosphoric ester groups is 1. The molecule has 9 nitrogen and oxygen atoms in total. The molecule has 0 amide bonds. The Labute approximate surface area is 488 Å². The lowest BCUT2D eigenvalue weighted by Gasteiger charge is -2.19. The molecule has 0 saturated carbocycles. The molecule has 0 saturated heterocycles. The molecule has 2 atom stereocenters. The van der Waals surface area contributed by atoms with Crippen molar-refractivity contribution in [3.63, 3.8) is 0 Å². The molecule has 0 spiro atoms. The van der Waals surface area contributed by atoms with Crippen molar-refractivity contribution in [1.82, 2.24) is 0 Å². The minimum absolute atomic E-state index is 0.0524. The molecule has 0 aromatic rings. The van der Waals surface area contributed by atoms with Crippen LogP contribution in [0.4, 0.5) is 0 Å². The van der Waals surface area contributed by atoms with Crippen LogP contribution in [0.3, 0.4) is 0 Å². The van der Waals surface area contributed by atoms with Crippen LogP contribution in [0.1, 0.15) is 322 Å². The summed E-state index contributed by atoms with van der Waals surface area (Å²) in [5.41, 5.74) is 5.40. The smallest absolute Gasteiger partial charge is 0.462 e. The lowest BCUT2D eigenvalue weighted by Crippen LogP contribution is -2.29. The van der Waals surface area contributed by atoms with Crippen molar-refractivity contribution in [3.8, 4) is 0 Å². The standard InChI is InChI=1S/C69H126NO8P/c1-3-5-7-9-11-13-15-17-19-21-23-25-27-29-31-33-35-37-39-41-43-45-47-49-51-53-55-57-59-61-68(71)75-65-67(66-77-79(73,74)76-64-63-70)78-69(72)62-60-58-56-54-52-50-48-46-44-42-40-38-36-34-32-30-28-26-24-22-20-18-16-14-12-10-8-6-4-2/h6,8,12,14,18,20-21,23-24,26,30,32,67H,3-5,7,9-11,13,15-17,19,22,25,27-29,31,33-66,70H2,1-2H3,(H,73,74)/b8-6-,14-12-,20-18-,23-21-,26-24-,32-30-. The molecule has 0 aromatic heterocycles. The van der Waals surface area contributed by atoms with E-state index < -0.39 is 26.5 Å². The molecule has 0 fully saturated rings. The van der Waals surface area contributed by atoms with Gasteiger partial charge < -0.3 is 20.1 Å². The Kier molecular flexibility index (Phi) is 62.5. The highest BCUT2D eigenvalue weighted by atomic mass is 31.2. The van der Waals surface area contributed by atoms with Gasteiger partial charge in [-0.3, -0.25) is 18.6 Å². The van der Waals surface area contributed by atoms with Gasteiger partial charge in [0.1, 0.15) is 6.61 Å². The summed E-state index contributed by atoms with van der Waals surface area (Å²) in [5.74, 6) is -0.817. The fourth-order valence-corrected chi connectivity index (χ4v) is 10.4. The Morgan fingerprint density at radius 1 is 0.392 bits per heavy atom. The van der Waals surface area contributed by atoms with Crippen molar-refractivity contribution in [2.45, 2.75) is 328 Å². The molecule has 0 heterocycles. The van der Waals surface area contributed by atoms with E-state index in [2.05, 4.69) is 86.8 Å². The predicted molar refractivity (Wildman–Crippen MR) is 339 cm³/mol. The third-order valence-corrected chi connectivity index (χ3v) is 15.6. The second-order valence-corrected chi connectivity index (χ2v) is 23.8. The Balaban J connectivity index is 3.88. The maximum atomic E-state index is 12.8. The zero-order chi connectivity index (χ0) is 57.3. The largest absolute Gasteiger partial charge is 0.472 e. The topological polar surface area (TPSA) is 134 Å². The van der Waals surface area contributed by atoms with Crippen LogP contribution < -0.4 is 5.73 Å².